The molecule has 3 nitrogen and oxygen atoms in total. The molecule has 0 N–H and O–H groups in total. The molecule has 0 bridgehead atoms. The Labute approximate surface area is 121 Å². The maximum Gasteiger partial charge on any atom is 0.309 e. The van der Waals surface area contributed by atoms with E-state index in [0.29, 0.717) is 6.61 Å². The zero-order chi connectivity index (χ0) is 15.1. The van der Waals surface area contributed by atoms with Crippen molar-refractivity contribution >= 4 is 12.0 Å². The number of benzene rings is 1. The lowest BCUT2D eigenvalue weighted by atomic mass is 10.2. The van der Waals surface area contributed by atoms with Gasteiger partial charge in [0.2, 0.25) is 0 Å². The Balaban J connectivity index is 0.000000388. The number of ether oxygens (including phenoxy) is 1. The van der Waals surface area contributed by atoms with Crippen LogP contribution in [0.4, 0.5) is 0 Å². The van der Waals surface area contributed by atoms with Crippen LogP contribution in [0.3, 0.4) is 0 Å². The van der Waals surface area contributed by atoms with Crippen LogP contribution in [0, 0.1) is 11.3 Å². The molecule has 0 heterocycles. The Kier molecular flexibility index (Phi) is 11.6. The summed E-state index contributed by atoms with van der Waals surface area (Å²) < 4.78 is 4.83. The third-order valence-electron chi connectivity index (χ3n) is 2.27. The van der Waals surface area contributed by atoms with Crippen molar-refractivity contribution in [2.45, 2.75) is 26.2 Å². The number of carbonyl (C=O) groups excluding carboxylic acids is 1. The summed E-state index contributed by atoms with van der Waals surface area (Å²) in [6.07, 6.45) is 6.71. The van der Waals surface area contributed by atoms with Crippen LogP contribution >= 0.6 is 0 Å². The molecule has 0 spiro atoms. The Bertz CT molecular complexity index is 444. The van der Waals surface area contributed by atoms with Crippen molar-refractivity contribution in [3.8, 4) is 6.07 Å². The van der Waals surface area contributed by atoms with Crippen molar-refractivity contribution in [1.29, 1.82) is 5.26 Å². The minimum Gasteiger partial charge on any atom is -0.465 e. The van der Waals surface area contributed by atoms with Gasteiger partial charge in [-0.3, -0.25) is 4.79 Å². The van der Waals surface area contributed by atoms with Gasteiger partial charge in [0.25, 0.3) is 0 Å². The van der Waals surface area contributed by atoms with Crippen LogP contribution in [0.2, 0.25) is 0 Å². The minimum atomic E-state index is -0.269. The lowest BCUT2D eigenvalue weighted by Gasteiger charge is -1.99. The molecular formula is C17H21NO2. The molecule has 0 aliphatic heterocycles. The van der Waals surface area contributed by atoms with Crippen molar-refractivity contribution in [3.63, 3.8) is 0 Å². The molecule has 0 atom stereocenters. The van der Waals surface area contributed by atoms with Gasteiger partial charge in [0.05, 0.1) is 19.1 Å². The third kappa shape index (κ3) is 10.8. The van der Waals surface area contributed by atoms with Gasteiger partial charge in [0.1, 0.15) is 0 Å². The smallest absolute Gasteiger partial charge is 0.309 e. The molecule has 0 unspecified atom stereocenters. The standard InChI is InChI=1S/C9H13NO2.C8H8/c1-2-3-8-12-9(11)6-4-5-7-10;1-2-8-6-4-3-5-7-8/h4-5H,2-3,6,8H2,1H3;2-7H,1H2. The Morgan fingerprint density at radius 1 is 1.40 bits per heavy atom. The fourth-order valence-electron chi connectivity index (χ4n) is 1.19. The second-order valence-corrected chi connectivity index (χ2v) is 3.92. The van der Waals surface area contributed by atoms with Crippen molar-refractivity contribution in [3.05, 3.63) is 54.6 Å². The molecule has 0 amide bonds. The van der Waals surface area contributed by atoms with Crippen LogP contribution in [0.1, 0.15) is 31.7 Å². The third-order valence-corrected chi connectivity index (χ3v) is 2.27. The fourth-order valence-corrected chi connectivity index (χ4v) is 1.19. The molecule has 0 aliphatic carbocycles. The summed E-state index contributed by atoms with van der Waals surface area (Å²) in [6, 6.07) is 11.8. The maximum absolute atomic E-state index is 10.8. The number of esters is 1. The number of carbonyl (C=O) groups is 1. The van der Waals surface area contributed by atoms with Crippen molar-refractivity contribution in [1.82, 2.24) is 0 Å². The maximum atomic E-state index is 10.8. The van der Waals surface area contributed by atoms with Crippen molar-refractivity contribution in [2.24, 2.45) is 0 Å². The van der Waals surface area contributed by atoms with Gasteiger partial charge >= 0.3 is 5.97 Å². The van der Waals surface area contributed by atoms with E-state index in [2.05, 4.69) is 6.58 Å². The minimum absolute atomic E-state index is 0.192. The largest absolute Gasteiger partial charge is 0.465 e. The van der Waals surface area contributed by atoms with E-state index in [1.165, 1.54) is 17.7 Å². The molecule has 0 aliphatic rings. The topological polar surface area (TPSA) is 50.1 Å². The normalized spacial score (nSPS) is 9.20. The van der Waals surface area contributed by atoms with Crippen LogP contribution in [-0.4, -0.2) is 12.6 Å². The predicted molar refractivity (Wildman–Crippen MR) is 81.8 cm³/mol. The molecular weight excluding hydrogens is 250 g/mol. The number of hydrogen-bond donors (Lipinski definition) is 0. The van der Waals surface area contributed by atoms with Gasteiger partial charge in [0.15, 0.2) is 0 Å². The molecule has 20 heavy (non-hydrogen) atoms. The summed E-state index contributed by atoms with van der Waals surface area (Å²) in [4.78, 5) is 10.8. The summed E-state index contributed by atoms with van der Waals surface area (Å²) in [5.41, 5.74) is 1.17. The van der Waals surface area contributed by atoms with Crippen LogP contribution in [0.5, 0.6) is 0 Å². The molecule has 1 aromatic carbocycles. The molecule has 1 rings (SSSR count). The monoisotopic (exact) mass is 271 g/mol. The van der Waals surface area contributed by atoms with E-state index in [1.807, 2.05) is 43.3 Å². The molecule has 0 fully saturated rings. The van der Waals surface area contributed by atoms with Gasteiger partial charge in [-0.05, 0) is 12.0 Å². The summed E-state index contributed by atoms with van der Waals surface area (Å²) in [5.74, 6) is -0.269. The first kappa shape index (κ1) is 17.7. The van der Waals surface area contributed by atoms with E-state index in [4.69, 9.17) is 10.00 Å². The highest BCUT2D eigenvalue weighted by atomic mass is 16.5. The molecule has 106 valence electrons. The Morgan fingerprint density at radius 2 is 2.10 bits per heavy atom. The first-order valence-electron chi connectivity index (χ1n) is 6.62. The van der Waals surface area contributed by atoms with Gasteiger partial charge in [-0.1, -0.05) is 62.4 Å². The number of rotatable bonds is 6. The molecule has 0 aromatic heterocycles. The average Bonchev–Trinajstić information content (AvgIpc) is 2.49. The predicted octanol–water partition coefficient (Wildman–Crippen LogP) is 4.13. The van der Waals surface area contributed by atoms with Crippen LogP contribution < -0.4 is 0 Å². The summed E-state index contributed by atoms with van der Waals surface area (Å²) in [7, 11) is 0. The van der Waals surface area contributed by atoms with Gasteiger partial charge in [-0.15, -0.1) is 0 Å². The fraction of sp³-hybridized carbons (Fsp3) is 0.294. The van der Waals surface area contributed by atoms with Gasteiger partial charge < -0.3 is 4.74 Å². The van der Waals surface area contributed by atoms with E-state index in [9.17, 15) is 4.79 Å². The van der Waals surface area contributed by atoms with Gasteiger partial charge in [-0.2, -0.15) is 5.26 Å². The van der Waals surface area contributed by atoms with Crippen LogP contribution in [0.25, 0.3) is 6.08 Å². The number of hydrogen-bond acceptors (Lipinski definition) is 3. The number of nitriles is 1. The zero-order valence-corrected chi connectivity index (χ0v) is 11.9. The van der Waals surface area contributed by atoms with Crippen LogP contribution in [0.15, 0.2) is 49.1 Å². The molecule has 0 radical (unpaired) electrons. The lowest BCUT2D eigenvalue weighted by Crippen LogP contribution is -2.03. The van der Waals surface area contributed by atoms with Crippen molar-refractivity contribution < 1.29 is 9.53 Å². The van der Waals surface area contributed by atoms with E-state index in [1.54, 1.807) is 6.07 Å². The Morgan fingerprint density at radius 3 is 2.60 bits per heavy atom. The first-order chi connectivity index (χ1) is 9.74. The summed E-state index contributed by atoms with van der Waals surface area (Å²) >= 11 is 0. The average molecular weight is 271 g/mol. The number of allylic oxidation sites excluding steroid dienone is 1. The second kappa shape index (κ2) is 13.1. The lowest BCUT2D eigenvalue weighted by molar-refractivity contribution is -0.142. The second-order valence-electron chi connectivity index (χ2n) is 3.92. The highest BCUT2D eigenvalue weighted by Gasteiger charge is 1.97. The quantitative estimate of drug-likeness (QED) is 0.444. The van der Waals surface area contributed by atoms with E-state index in [0.717, 1.165) is 12.8 Å². The van der Waals surface area contributed by atoms with E-state index < -0.39 is 0 Å². The molecule has 1 aromatic rings. The van der Waals surface area contributed by atoms with Crippen LogP contribution in [-0.2, 0) is 9.53 Å². The van der Waals surface area contributed by atoms with Crippen molar-refractivity contribution in [2.75, 3.05) is 6.61 Å². The molecule has 3 heteroatoms. The SMILES string of the molecule is C=Cc1ccccc1.CCCCOC(=O)CC=CC#N. The highest BCUT2D eigenvalue weighted by Crippen LogP contribution is 1.97. The summed E-state index contributed by atoms with van der Waals surface area (Å²) in [5, 5.41) is 8.10. The summed E-state index contributed by atoms with van der Waals surface area (Å²) in [6.45, 7) is 6.14. The van der Waals surface area contributed by atoms with E-state index >= 15 is 0 Å². The number of nitrogens with zero attached hydrogens (tertiary/aromatic N) is 1. The molecule has 0 saturated carbocycles. The first-order valence-corrected chi connectivity index (χ1v) is 6.62. The zero-order valence-electron chi connectivity index (χ0n) is 11.9. The van der Waals surface area contributed by atoms with E-state index in [-0.39, 0.29) is 12.4 Å². The molecule has 0 saturated heterocycles. The van der Waals surface area contributed by atoms with Gasteiger partial charge in [0, 0.05) is 6.08 Å². The van der Waals surface area contributed by atoms with Gasteiger partial charge in [-0.25, -0.2) is 0 Å². The Hall–Kier alpha value is -2.34. The number of unbranched alkanes of at least 4 members (excludes halogenated alkanes) is 1. The highest BCUT2D eigenvalue weighted by molar-refractivity contribution is 5.71.